The van der Waals surface area contributed by atoms with Crippen molar-refractivity contribution in [2.24, 2.45) is 17.8 Å². The maximum atomic E-state index is 13.6. The summed E-state index contributed by atoms with van der Waals surface area (Å²) < 4.78 is 1.06. The predicted molar refractivity (Wildman–Crippen MR) is 128 cm³/mol. The summed E-state index contributed by atoms with van der Waals surface area (Å²) in [6, 6.07) is 8.14. The molecule has 0 spiro atoms. The van der Waals surface area contributed by atoms with Crippen LogP contribution in [-0.2, 0) is 9.59 Å². The fourth-order valence-electron chi connectivity index (χ4n) is 5.65. The zero-order valence-corrected chi connectivity index (χ0v) is 20.6. The van der Waals surface area contributed by atoms with Crippen LogP contribution >= 0.6 is 15.9 Å². The second kappa shape index (κ2) is 10.1. The number of nitrogens with one attached hydrogen (secondary N) is 1. The molecule has 2 amide bonds. The van der Waals surface area contributed by atoms with E-state index in [0.717, 1.165) is 17.3 Å². The monoisotopic (exact) mass is 488 g/mol. The van der Waals surface area contributed by atoms with Crippen LogP contribution in [0, 0.1) is 17.8 Å². The molecule has 3 fully saturated rings. The zero-order chi connectivity index (χ0) is 22.0. The number of hydrogen-bond donors (Lipinski definition) is 1. The van der Waals surface area contributed by atoms with Crippen LogP contribution in [0.1, 0.15) is 83.1 Å². The molecule has 1 aromatic rings. The van der Waals surface area contributed by atoms with E-state index >= 15 is 0 Å². The van der Waals surface area contributed by atoms with E-state index in [1.807, 2.05) is 4.90 Å². The molecule has 2 saturated carbocycles. The Bertz CT molecular complexity index is 770. The molecule has 0 bridgehead atoms. The number of amides is 2. The summed E-state index contributed by atoms with van der Waals surface area (Å²) in [6.45, 7) is 4.97. The van der Waals surface area contributed by atoms with E-state index in [2.05, 4.69) is 59.4 Å². The van der Waals surface area contributed by atoms with Gasteiger partial charge in [0.05, 0.1) is 0 Å². The molecule has 1 heterocycles. The standard InChI is InChI=1S/C26H37BrN2O2/c1-17(2)14-24-25(30)28-23(19-8-6-4-3-5-7-9-19)16-29(24)26(31)22-15-21(22)18-10-12-20(27)13-11-18/h10-13,17,19,21-24H,3-9,14-16H2,1-2H3,(H,28,30). The number of benzene rings is 1. The Morgan fingerprint density at radius 3 is 2.39 bits per heavy atom. The molecular weight excluding hydrogens is 452 g/mol. The molecule has 31 heavy (non-hydrogen) atoms. The SMILES string of the molecule is CC(C)CC1C(=O)NC(C2CCCCCCC2)CN1C(=O)C1CC1c1ccc(Br)cc1. The fourth-order valence-corrected chi connectivity index (χ4v) is 5.91. The minimum Gasteiger partial charge on any atom is -0.350 e. The maximum Gasteiger partial charge on any atom is 0.243 e. The van der Waals surface area contributed by atoms with E-state index in [4.69, 9.17) is 0 Å². The highest BCUT2D eigenvalue weighted by atomic mass is 79.9. The van der Waals surface area contributed by atoms with Crippen LogP contribution in [0.3, 0.4) is 0 Å². The number of hydrogen-bond acceptors (Lipinski definition) is 2. The molecule has 4 atom stereocenters. The second-order valence-electron chi connectivity index (χ2n) is 10.4. The lowest BCUT2D eigenvalue weighted by atomic mass is 9.83. The number of rotatable bonds is 5. The van der Waals surface area contributed by atoms with E-state index in [1.165, 1.54) is 50.5 Å². The number of carbonyl (C=O) groups excluding carboxylic acids is 2. The Hall–Kier alpha value is -1.36. The highest BCUT2D eigenvalue weighted by Gasteiger charge is 2.49. The van der Waals surface area contributed by atoms with Crippen molar-refractivity contribution in [3.63, 3.8) is 0 Å². The summed E-state index contributed by atoms with van der Waals surface area (Å²) in [5.41, 5.74) is 1.24. The van der Waals surface area contributed by atoms with Gasteiger partial charge in [0, 0.05) is 23.0 Å². The molecule has 1 aliphatic heterocycles. The maximum absolute atomic E-state index is 13.6. The Labute approximate surface area is 195 Å². The summed E-state index contributed by atoms with van der Waals surface area (Å²) >= 11 is 3.49. The van der Waals surface area contributed by atoms with Gasteiger partial charge in [0.25, 0.3) is 0 Å². The van der Waals surface area contributed by atoms with Gasteiger partial charge in [-0.25, -0.2) is 0 Å². The van der Waals surface area contributed by atoms with E-state index < -0.39 is 0 Å². The molecule has 3 aliphatic rings. The lowest BCUT2D eigenvalue weighted by molar-refractivity contribution is -0.147. The molecule has 1 aromatic carbocycles. The van der Waals surface area contributed by atoms with Crippen LogP contribution in [-0.4, -0.2) is 35.3 Å². The van der Waals surface area contributed by atoms with Crippen LogP contribution < -0.4 is 5.32 Å². The van der Waals surface area contributed by atoms with Crippen molar-refractivity contribution in [3.8, 4) is 0 Å². The Morgan fingerprint density at radius 2 is 1.74 bits per heavy atom. The lowest BCUT2D eigenvalue weighted by Crippen LogP contribution is -2.64. The molecule has 1 N–H and O–H groups in total. The van der Waals surface area contributed by atoms with E-state index in [1.54, 1.807) is 0 Å². The largest absolute Gasteiger partial charge is 0.350 e. The van der Waals surface area contributed by atoms with E-state index in [-0.39, 0.29) is 29.8 Å². The van der Waals surface area contributed by atoms with E-state index in [0.29, 0.717) is 24.3 Å². The first-order valence-corrected chi connectivity index (χ1v) is 13.1. The minimum absolute atomic E-state index is 0.0275. The van der Waals surface area contributed by atoms with Gasteiger partial charge in [-0.2, -0.15) is 0 Å². The van der Waals surface area contributed by atoms with Gasteiger partial charge in [-0.3, -0.25) is 9.59 Å². The van der Waals surface area contributed by atoms with Crippen LogP contribution in [0.25, 0.3) is 0 Å². The highest BCUT2D eigenvalue weighted by Crippen LogP contribution is 2.49. The topological polar surface area (TPSA) is 49.4 Å². The quantitative estimate of drug-likeness (QED) is 0.581. The van der Waals surface area contributed by atoms with Crippen molar-refractivity contribution in [1.29, 1.82) is 0 Å². The van der Waals surface area contributed by atoms with Crippen molar-refractivity contribution in [2.75, 3.05) is 6.54 Å². The van der Waals surface area contributed by atoms with Gasteiger partial charge in [-0.05, 0) is 61.1 Å². The average molecular weight is 489 g/mol. The van der Waals surface area contributed by atoms with Gasteiger partial charge in [0.1, 0.15) is 6.04 Å². The second-order valence-corrected chi connectivity index (χ2v) is 11.3. The predicted octanol–water partition coefficient (Wildman–Crippen LogP) is 5.65. The molecule has 4 rings (SSSR count). The van der Waals surface area contributed by atoms with Gasteiger partial charge in [-0.1, -0.05) is 74.0 Å². The Balaban J connectivity index is 1.49. The van der Waals surface area contributed by atoms with Gasteiger partial charge in [-0.15, -0.1) is 0 Å². The van der Waals surface area contributed by atoms with Crippen molar-refractivity contribution in [2.45, 2.75) is 89.6 Å². The normalized spacial score (nSPS) is 29.9. The van der Waals surface area contributed by atoms with Gasteiger partial charge in [0.2, 0.25) is 11.8 Å². The van der Waals surface area contributed by atoms with Crippen LogP contribution in [0.2, 0.25) is 0 Å². The van der Waals surface area contributed by atoms with Crippen molar-refractivity contribution in [3.05, 3.63) is 34.3 Å². The minimum atomic E-state index is -0.316. The first-order chi connectivity index (χ1) is 14.9. The first-order valence-electron chi connectivity index (χ1n) is 12.3. The molecule has 0 aromatic heterocycles. The zero-order valence-electron chi connectivity index (χ0n) is 19.0. The molecule has 4 nitrogen and oxygen atoms in total. The summed E-state index contributed by atoms with van der Waals surface area (Å²) in [6.07, 6.45) is 10.4. The smallest absolute Gasteiger partial charge is 0.243 e. The number of nitrogens with zero attached hydrogens (tertiary/aromatic N) is 1. The van der Waals surface area contributed by atoms with Gasteiger partial charge >= 0.3 is 0 Å². The fraction of sp³-hybridized carbons (Fsp3) is 0.692. The highest BCUT2D eigenvalue weighted by molar-refractivity contribution is 9.10. The lowest BCUT2D eigenvalue weighted by Gasteiger charge is -2.43. The third kappa shape index (κ3) is 5.53. The number of carbonyl (C=O) groups is 2. The number of piperazine rings is 1. The van der Waals surface area contributed by atoms with Crippen LogP contribution in [0.5, 0.6) is 0 Å². The Morgan fingerprint density at radius 1 is 1.10 bits per heavy atom. The molecule has 1 saturated heterocycles. The average Bonchev–Trinajstić information content (AvgIpc) is 3.50. The third-order valence-corrected chi connectivity index (χ3v) is 8.03. The summed E-state index contributed by atoms with van der Waals surface area (Å²) in [5, 5.41) is 3.35. The molecule has 5 heteroatoms. The van der Waals surface area contributed by atoms with Crippen molar-refractivity contribution >= 4 is 27.7 Å². The van der Waals surface area contributed by atoms with Crippen molar-refractivity contribution in [1.82, 2.24) is 10.2 Å². The molecule has 170 valence electrons. The molecule has 4 unspecified atom stereocenters. The molecule has 0 radical (unpaired) electrons. The van der Waals surface area contributed by atoms with Crippen molar-refractivity contribution < 1.29 is 9.59 Å². The summed E-state index contributed by atoms with van der Waals surface area (Å²) in [5.74, 6) is 1.47. The van der Waals surface area contributed by atoms with Gasteiger partial charge in [0.15, 0.2) is 0 Å². The first kappa shape index (κ1) is 22.8. The Kier molecular flexibility index (Phi) is 7.40. The molecular formula is C26H37BrN2O2. The number of halogens is 1. The third-order valence-electron chi connectivity index (χ3n) is 7.50. The molecule has 2 aliphatic carbocycles. The van der Waals surface area contributed by atoms with Crippen LogP contribution in [0.4, 0.5) is 0 Å². The van der Waals surface area contributed by atoms with E-state index in [9.17, 15) is 9.59 Å². The summed E-state index contributed by atoms with van der Waals surface area (Å²) in [7, 11) is 0. The van der Waals surface area contributed by atoms with Gasteiger partial charge < -0.3 is 10.2 Å². The summed E-state index contributed by atoms with van der Waals surface area (Å²) in [4.78, 5) is 28.8. The van der Waals surface area contributed by atoms with Crippen LogP contribution in [0.15, 0.2) is 28.7 Å².